The Morgan fingerprint density at radius 3 is 2.53 bits per heavy atom. The van der Waals surface area contributed by atoms with Gasteiger partial charge in [0.2, 0.25) is 0 Å². The molecule has 0 amide bonds. The van der Waals surface area contributed by atoms with Crippen LogP contribution in [0.25, 0.3) is 0 Å². The van der Waals surface area contributed by atoms with Gasteiger partial charge in [0.05, 0.1) is 12.8 Å². The summed E-state index contributed by atoms with van der Waals surface area (Å²) in [6.07, 6.45) is 1.84. The van der Waals surface area contributed by atoms with Gasteiger partial charge in [-0.05, 0) is 42.0 Å². The summed E-state index contributed by atoms with van der Waals surface area (Å²) in [7, 11) is 1.65. The average molecular weight is 290 g/mol. The number of methoxy groups -OCH3 is 1. The van der Waals surface area contributed by atoms with Gasteiger partial charge < -0.3 is 4.74 Å². The van der Waals surface area contributed by atoms with Crippen molar-refractivity contribution in [2.45, 2.75) is 0 Å². The molecular formula is C14H12BrNO. The van der Waals surface area contributed by atoms with Crippen molar-refractivity contribution < 1.29 is 4.74 Å². The van der Waals surface area contributed by atoms with E-state index in [9.17, 15) is 0 Å². The first-order valence-electron chi connectivity index (χ1n) is 5.21. The van der Waals surface area contributed by atoms with Crippen LogP contribution in [0.3, 0.4) is 0 Å². The largest absolute Gasteiger partial charge is 0.497 e. The lowest BCUT2D eigenvalue weighted by atomic mass is 10.2. The molecule has 0 aromatic heterocycles. The molecule has 2 rings (SSSR count). The molecule has 86 valence electrons. The van der Waals surface area contributed by atoms with Crippen LogP contribution in [0.4, 0.5) is 5.69 Å². The number of benzene rings is 2. The zero-order valence-electron chi connectivity index (χ0n) is 9.43. The molecule has 2 aromatic carbocycles. The molecule has 0 heterocycles. The Morgan fingerprint density at radius 2 is 1.88 bits per heavy atom. The number of ether oxygens (including phenoxy) is 1. The Kier molecular flexibility index (Phi) is 3.94. The molecule has 2 aromatic rings. The third kappa shape index (κ3) is 3.43. The maximum absolute atomic E-state index is 5.09. The van der Waals surface area contributed by atoms with Crippen LogP contribution in [-0.4, -0.2) is 13.3 Å². The first kappa shape index (κ1) is 11.9. The van der Waals surface area contributed by atoms with Crippen LogP contribution in [-0.2, 0) is 0 Å². The molecule has 0 bridgehead atoms. The molecule has 0 spiro atoms. The highest BCUT2D eigenvalue weighted by Gasteiger charge is 1.92. The molecule has 0 aliphatic rings. The summed E-state index contributed by atoms with van der Waals surface area (Å²) in [4.78, 5) is 4.39. The van der Waals surface area contributed by atoms with Gasteiger partial charge in [-0.1, -0.05) is 28.1 Å². The highest BCUT2D eigenvalue weighted by molar-refractivity contribution is 9.10. The highest BCUT2D eigenvalue weighted by Crippen LogP contribution is 2.18. The summed E-state index contributed by atoms with van der Waals surface area (Å²) in [6, 6.07) is 15.6. The minimum atomic E-state index is 0.839. The van der Waals surface area contributed by atoms with Gasteiger partial charge in [-0.15, -0.1) is 0 Å². The van der Waals surface area contributed by atoms with Crippen LogP contribution in [0.1, 0.15) is 5.56 Å². The second-order valence-corrected chi connectivity index (χ2v) is 4.43. The standard InChI is InChI=1S/C14H12BrNO/c1-17-14-7-5-13(6-8-14)16-10-11-3-2-4-12(15)9-11/h2-10H,1H3/b16-10+. The number of hydrogen-bond donors (Lipinski definition) is 0. The van der Waals surface area contributed by atoms with Crippen LogP contribution in [0.5, 0.6) is 5.75 Å². The summed E-state index contributed by atoms with van der Waals surface area (Å²) in [5.74, 6) is 0.839. The predicted molar refractivity (Wildman–Crippen MR) is 74.4 cm³/mol. The lowest BCUT2D eigenvalue weighted by molar-refractivity contribution is 0.415. The number of aliphatic imine (C=N–C) groups is 1. The van der Waals surface area contributed by atoms with Gasteiger partial charge in [-0.25, -0.2) is 0 Å². The second kappa shape index (κ2) is 5.64. The fourth-order valence-electron chi connectivity index (χ4n) is 1.40. The van der Waals surface area contributed by atoms with Crippen LogP contribution in [0.2, 0.25) is 0 Å². The molecule has 0 atom stereocenters. The van der Waals surface area contributed by atoms with Gasteiger partial charge >= 0.3 is 0 Å². The van der Waals surface area contributed by atoms with Crippen molar-refractivity contribution in [2.24, 2.45) is 4.99 Å². The fourth-order valence-corrected chi connectivity index (χ4v) is 1.82. The first-order valence-corrected chi connectivity index (χ1v) is 6.01. The highest BCUT2D eigenvalue weighted by atomic mass is 79.9. The van der Waals surface area contributed by atoms with Crippen LogP contribution >= 0.6 is 15.9 Å². The zero-order valence-corrected chi connectivity index (χ0v) is 11.0. The number of halogens is 1. The second-order valence-electron chi connectivity index (χ2n) is 3.51. The van der Waals surface area contributed by atoms with E-state index in [1.807, 2.05) is 54.7 Å². The van der Waals surface area contributed by atoms with E-state index in [2.05, 4.69) is 20.9 Å². The first-order chi connectivity index (χ1) is 8.28. The van der Waals surface area contributed by atoms with Crippen molar-refractivity contribution in [3.8, 4) is 5.75 Å². The van der Waals surface area contributed by atoms with Crippen LogP contribution in [0, 0.1) is 0 Å². The van der Waals surface area contributed by atoms with E-state index in [1.165, 1.54) is 0 Å². The van der Waals surface area contributed by atoms with E-state index in [1.54, 1.807) is 7.11 Å². The number of rotatable bonds is 3. The molecule has 2 nitrogen and oxygen atoms in total. The lowest BCUT2D eigenvalue weighted by Crippen LogP contribution is -1.81. The minimum Gasteiger partial charge on any atom is -0.497 e. The van der Waals surface area contributed by atoms with Crippen molar-refractivity contribution in [3.63, 3.8) is 0 Å². The number of hydrogen-bond acceptors (Lipinski definition) is 2. The summed E-state index contributed by atoms with van der Waals surface area (Å²) >= 11 is 3.43. The fraction of sp³-hybridized carbons (Fsp3) is 0.0714. The molecule has 0 unspecified atom stereocenters. The molecule has 3 heteroatoms. The maximum atomic E-state index is 5.09. The Morgan fingerprint density at radius 1 is 1.12 bits per heavy atom. The van der Waals surface area contributed by atoms with Gasteiger partial charge in [-0.3, -0.25) is 4.99 Å². The van der Waals surface area contributed by atoms with E-state index >= 15 is 0 Å². The SMILES string of the molecule is COc1ccc(/N=C/c2cccc(Br)c2)cc1. The third-order valence-electron chi connectivity index (χ3n) is 2.28. The summed E-state index contributed by atoms with van der Waals surface area (Å²) in [6.45, 7) is 0. The monoisotopic (exact) mass is 289 g/mol. The molecule has 0 aliphatic heterocycles. The van der Waals surface area contributed by atoms with Crippen molar-refractivity contribution in [1.29, 1.82) is 0 Å². The van der Waals surface area contributed by atoms with E-state index in [-0.39, 0.29) is 0 Å². The molecule has 0 saturated carbocycles. The van der Waals surface area contributed by atoms with Gasteiger partial charge in [0.15, 0.2) is 0 Å². The Balaban J connectivity index is 2.14. The summed E-state index contributed by atoms with van der Waals surface area (Å²) < 4.78 is 6.14. The summed E-state index contributed by atoms with van der Waals surface area (Å²) in [5, 5.41) is 0. The van der Waals surface area contributed by atoms with Gasteiger partial charge in [0.1, 0.15) is 5.75 Å². The quantitative estimate of drug-likeness (QED) is 0.776. The van der Waals surface area contributed by atoms with Gasteiger partial charge in [0, 0.05) is 10.7 Å². The number of nitrogens with zero attached hydrogens (tertiary/aromatic N) is 1. The van der Waals surface area contributed by atoms with E-state index in [0.29, 0.717) is 0 Å². The van der Waals surface area contributed by atoms with Crippen molar-refractivity contribution in [3.05, 3.63) is 58.6 Å². The molecule has 17 heavy (non-hydrogen) atoms. The minimum absolute atomic E-state index is 0.839. The molecular weight excluding hydrogens is 278 g/mol. The van der Waals surface area contributed by atoms with E-state index in [4.69, 9.17) is 4.74 Å². The van der Waals surface area contributed by atoms with Crippen LogP contribution < -0.4 is 4.74 Å². The Hall–Kier alpha value is -1.61. The topological polar surface area (TPSA) is 21.6 Å². The molecule has 0 fully saturated rings. The van der Waals surface area contributed by atoms with Crippen molar-refractivity contribution >= 4 is 27.8 Å². The molecule has 0 saturated heterocycles. The molecule has 0 N–H and O–H groups in total. The molecule has 0 radical (unpaired) electrons. The van der Waals surface area contributed by atoms with E-state index < -0.39 is 0 Å². The molecule has 0 aliphatic carbocycles. The summed E-state index contributed by atoms with van der Waals surface area (Å²) in [5.41, 5.74) is 1.97. The predicted octanol–water partition coefficient (Wildman–Crippen LogP) is 4.21. The van der Waals surface area contributed by atoms with Gasteiger partial charge in [-0.2, -0.15) is 0 Å². The smallest absolute Gasteiger partial charge is 0.119 e. The van der Waals surface area contributed by atoms with Crippen molar-refractivity contribution in [2.75, 3.05) is 7.11 Å². The average Bonchev–Trinajstić information content (AvgIpc) is 2.37. The normalized spacial score (nSPS) is 10.7. The lowest BCUT2D eigenvalue weighted by Gasteiger charge is -1.99. The maximum Gasteiger partial charge on any atom is 0.119 e. The van der Waals surface area contributed by atoms with Crippen molar-refractivity contribution in [1.82, 2.24) is 0 Å². The van der Waals surface area contributed by atoms with E-state index in [0.717, 1.165) is 21.5 Å². The van der Waals surface area contributed by atoms with Gasteiger partial charge in [0.25, 0.3) is 0 Å². The zero-order chi connectivity index (χ0) is 12.1. The Bertz CT molecular complexity index is 520. The third-order valence-corrected chi connectivity index (χ3v) is 2.78. The van der Waals surface area contributed by atoms with Crippen LogP contribution in [0.15, 0.2) is 58.0 Å². The Labute approximate surface area is 109 Å².